The molecule has 0 amide bonds. The molecule has 1 unspecified atom stereocenters. The highest BCUT2D eigenvalue weighted by Crippen LogP contribution is 2.35. The average Bonchev–Trinajstić information content (AvgIpc) is 2.89. The van der Waals surface area contributed by atoms with Crippen LogP contribution in [-0.2, 0) is 6.18 Å². The second-order valence-electron chi connectivity index (χ2n) is 4.78. The third-order valence-corrected chi connectivity index (χ3v) is 3.46. The number of nitrogens with zero attached hydrogens (tertiary/aromatic N) is 3. The van der Waals surface area contributed by atoms with Crippen LogP contribution in [0.15, 0.2) is 48.5 Å². The van der Waals surface area contributed by atoms with Crippen LogP contribution in [0.3, 0.4) is 0 Å². The van der Waals surface area contributed by atoms with Crippen LogP contribution in [0.4, 0.5) is 13.2 Å². The molecule has 2 aromatic carbocycles. The molecular formula is C15H12F3N3. The lowest BCUT2D eigenvalue weighted by Gasteiger charge is -2.18. The first-order chi connectivity index (χ1) is 9.98. The van der Waals surface area contributed by atoms with Crippen molar-refractivity contribution < 1.29 is 13.2 Å². The lowest BCUT2D eigenvalue weighted by molar-refractivity contribution is -0.138. The molecule has 6 heteroatoms. The molecule has 21 heavy (non-hydrogen) atoms. The molecule has 1 aromatic heterocycles. The first-order valence-electron chi connectivity index (χ1n) is 6.44. The number of hydrogen-bond acceptors (Lipinski definition) is 2. The Morgan fingerprint density at radius 2 is 1.67 bits per heavy atom. The monoisotopic (exact) mass is 291 g/mol. The fraction of sp³-hybridized carbons (Fsp3) is 0.200. The van der Waals surface area contributed by atoms with E-state index in [0.717, 1.165) is 6.07 Å². The second kappa shape index (κ2) is 4.87. The van der Waals surface area contributed by atoms with Crippen molar-refractivity contribution in [1.82, 2.24) is 15.0 Å². The molecule has 0 saturated carbocycles. The highest BCUT2D eigenvalue weighted by atomic mass is 19.4. The maximum absolute atomic E-state index is 13.1. The molecule has 0 bridgehead atoms. The van der Waals surface area contributed by atoms with E-state index in [2.05, 4.69) is 10.3 Å². The van der Waals surface area contributed by atoms with Crippen molar-refractivity contribution >= 4 is 11.0 Å². The zero-order chi connectivity index (χ0) is 15.0. The van der Waals surface area contributed by atoms with Gasteiger partial charge in [0, 0.05) is 0 Å². The van der Waals surface area contributed by atoms with Gasteiger partial charge < -0.3 is 0 Å². The van der Waals surface area contributed by atoms with Crippen molar-refractivity contribution in [3.63, 3.8) is 0 Å². The molecule has 3 aromatic rings. The van der Waals surface area contributed by atoms with E-state index in [1.807, 2.05) is 12.1 Å². The van der Waals surface area contributed by atoms with E-state index in [9.17, 15) is 13.2 Å². The predicted molar refractivity (Wildman–Crippen MR) is 72.8 cm³/mol. The molecule has 0 aliphatic rings. The normalized spacial score (nSPS) is 13.5. The molecule has 0 aliphatic heterocycles. The largest absolute Gasteiger partial charge is 0.416 e. The number of hydrogen-bond donors (Lipinski definition) is 0. The fourth-order valence-electron chi connectivity index (χ4n) is 2.42. The lowest BCUT2D eigenvalue weighted by Crippen LogP contribution is -2.16. The van der Waals surface area contributed by atoms with E-state index < -0.39 is 17.8 Å². The zero-order valence-corrected chi connectivity index (χ0v) is 11.2. The minimum atomic E-state index is -4.39. The molecular weight excluding hydrogens is 279 g/mol. The number of aromatic nitrogens is 3. The van der Waals surface area contributed by atoms with Crippen LogP contribution in [-0.4, -0.2) is 15.0 Å². The number of fused-ring (bicyclic) bond motifs is 1. The topological polar surface area (TPSA) is 30.7 Å². The van der Waals surface area contributed by atoms with E-state index in [0.29, 0.717) is 11.0 Å². The van der Waals surface area contributed by atoms with Gasteiger partial charge in [0.25, 0.3) is 0 Å². The maximum Gasteiger partial charge on any atom is 0.416 e. The Morgan fingerprint density at radius 1 is 1.00 bits per heavy atom. The van der Waals surface area contributed by atoms with Gasteiger partial charge in [-0.3, -0.25) is 0 Å². The molecule has 0 spiro atoms. The van der Waals surface area contributed by atoms with Crippen molar-refractivity contribution in [2.45, 2.75) is 19.1 Å². The Bertz CT molecular complexity index is 777. The van der Waals surface area contributed by atoms with Gasteiger partial charge in [0.15, 0.2) is 0 Å². The van der Waals surface area contributed by atoms with Gasteiger partial charge in [-0.25, -0.2) is 4.68 Å². The van der Waals surface area contributed by atoms with E-state index in [4.69, 9.17) is 0 Å². The Balaban J connectivity index is 2.13. The Labute approximate surface area is 119 Å². The quantitative estimate of drug-likeness (QED) is 0.713. The molecule has 0 N–H and O–H groups in total. The van der Waals surface area contributed by atoms with Crippen LogP contribution >= 0.6 is 0 Å². The highest BCUT2D eigenvalue weighted by Gasteiger charge is 2.34. The van der Waals surface area contributed by atoms with Gasteiger partial charge in [-0.2, -0.15) is 13.2 Å². The molecule has 0 saturated heterocycles. The van der Waals surface area contributed by atoms with Crippen LogP contribution in [0.1, 0.15) is 24.1 Å². The average molecular weight is 291 g/mol. The van der Waals surface area contributed by atoms with Crippen LogP contribution in [0, 0.1) is 0 Å². The van der Waals surface area contributed by atoms with Crippen LogP contribution in [0.2, 0.25) is 0 Å². The summed E-state index contributed by atoms with van der Waals surface area (Å²) in [5.74, 6) is 0. The third-order valence-electron chi connectivity index (χ3n) is 3.46. The standard InChI is InChI=1S/C15H12F3N3/c1-10(11-6-2-3-7-12(11)15(16,17)18)21-14-9-5-4-8-13(14)19-20-21/h2-10H,1H3. The van der Waals surface area contributed by atoms with Crippen LogP contribution < -0.4 is 0 Å². The van der Waals surface area contributed by atoms with Crippen molar-refractivity contribution in [2.24, 2.45) is 0 Å². The minimum Gasteiger partial charge on any atom is -0.237 e. The molecule has 0 fully saturated rings. The molecule has 1 heterocycles. The number of para-hydroxylation sites is 1. The van der Waals surface area contributed by atoms with Gasteiger partial charge in [0.2, 0.25) is 0 Å². The van der Waals surface area contributed by atoms with Gasteiger partial charge in [0.05, 0.1) is 17.1 Å². The SMILES string of the molecule is CC(c1ccccc1C(F)(F)F)n1nnc2ccccc21. The Hall–Kier alpha value is -2.37. The summed E-state index contributed by atoms with van der Waals surface area (Å²) < 4.78 is 40.9. The summed E-state index contributed by atoms with van der Waals surface area (Å²) in [5, 5.41) is 7.98. The van der Waals surface area contributed by atoms with Crippen LogP contribution in [0.25, 0.3) is 11.0 Å². The first-order valence-corrected chi connectivity index (χ1v) is 6.44. The van der Waals surface area contributed by atoms with E-state index in [1.165, 1.54) is 16.8 Å². The number of halogens is 3. The number of rotatable bonds is 2. The number of benzene rings is 2. The van der Waals surface area contributed by atoms with Gasteiger partial charge in [0.1, 0.15) is 5.52 Å². The third kappa shape index (κ3) is 2.37. The van der Waals surface area contributed by atoms with Gasteiger partial charge in [-0.15, -0.1) is 5.10 Å². The Kier molecular flexibility index (Phi) is 3.16. The second-order valence-corrected chi connectivity index (χ2v) is 4.78. The fourth-order valence-corrected chi connectivity index (χ4v) is 2.42. The summed E-state index contributed by atoms with van der Waals surface area (Å²) in [4.78, 5) is 0. The van der Waals surface area contributed by atoms with Gasteiger partial charge >= 0.3 is 6.18 Å². The van der Waals surface area contributed by atoms with E-state index in [-0.39, 0.29) is 5.56 Å². The molecule has 108 valence electrons. The summed E-state index contributed by atoms with van der Waals surface area (Å²) in [6.45, 7) is 1.69. The smallest absolute Gasteiger partial charge is 0.237 e. The summed E-state index contributed by atoms with van der Waals surface area (Å²) in [7, 11) is 0. The minimum absolute atomic E-state index is 0.181. The highest BCUT2D eigenvalue weighted by molar-refractivity contribution is 5.74. The van der Waals surface area contributed by atoms with Crippen LogP contribution in [0.5, 0.6) is 0 Å². The lowest BCUT2D eigenvalue weighted by atomic mass is 10.0. The van der Waals surface area contributed by atoms with Crippen molar-refractivity contribution in [1.29, 1.82) is 0 Å². The zero-order valence-electron chi connectivity index (χ0n) is 11.2. The summed E-state index contributed by atoms with van der Waals surface area (Å²) in [6.07, 6.45) is -4.39. The summed E-state index contributed by atoms with van der Waals surface area (Å²) >= 11 is 0. The Morgan fingerprint density at radius 3 is 2.43 bits per heavy atom. The molecule has 0 aliphatic carbocycles. The van der Waals surface area contributed by atoms with E-state index >= 15 is 0 Å². The molecule has 0 radical (unpaired) electrons. The maximum atomic E-state index is 13.1. The summed E-state index contributed by atoms with van der Waals surface area (Å²) in [5.41, 5.74) is 0.911. The van der Waals surface area contributed by atoms with Crippen molar-refractivity contribution in [2.75, 3.05) is 0 Å². The first kappa shape index (κ1) is 13.6. The van der Waals surface area contributed by atoms with Crippen molar-refractivity contribution in [3.8, 4) is 0 Å². The van der Waals surface area contributed by atoms with E-state index in [1.54, 1.807) is 25.1 Å². The molecule has 3 rings (SSSR count). The van der Waals surface area contributed by atoms with Gasteiger partial charge in [-0.05, 0) is 30.7 Å². The number of alkyl halides is 3. The van der Waals surface area contributed by atoms with Crippen molar-refractivity contribution in [3.05, 3.63) is 59.7 Å². The predicted octanol–water partition coefficient (Wildman–Crippen LogP) is 4.06. The summed E-state index contributed by atoms with van der Waals surface area (Å²) in [6, 6.07) is 12.2. The van der Waals surface area contributed by atoms with Gasteiger partial charge in [-0.1, -0.05) is 35.5 Å². The molecule has 3 nitrogen and oxygen atoms in total. The molecule has 1 atom stereocenters.